The Labute approximate surface area is 66.2 Å². The molecule has 1 aliphatic carbocycles. The van der Waals surface area contributed by atoms with Crippen molar-refractivity contribution < 1.29 is 16.1 Å². The average Bonchev–Trinajstić information content (AvgIpc) is 2.38. The van der Waals surface area contributed by atoms with Crippen LogP contribution in [0.4, 0.5) is 0 Å². The third-order valence-corrected chi connectivity index (χ3v) is 7.57. The van der Waals surface area contributed by atoms with Gasteiger partial charge in [-0.25, -0.2) is 0 Å². The van der Waals surface area contributed by atoms with Gasteiger partial charge >= 0.3 is 66.0 Å². The Hall–Kier alpha value is -0.272. The minimum absolute atomic E-state index is 1.11. The summed E-state index contributed by atoms with van der Waals surface area (Å²) >= 11 is -1.83. The normalized spacial score (nSPS) is 18.3. The van der Waals surface area contributed by atoms with E-state index in [0.717, 1.165) is 6.42 Å². The van der Waals surface area contributed by atoms with E-state index in [2.05, 4.69) is 33.2 Å². The van der Waals surface area contributed by atoms with E-state index in [4.69, 9.17) is 6.42 Å². The Morgan fingerprint density at radius 2 is 2.30 bits per heavy atom. The van der Waals surface area contributed by atoms with Gasteiger partial charge in [-0.2, -0.15) is 0 Å². The van der Waals surface area contributed by atoms with Crippen molar-refractivity contribution in [2.75, 3.05) is 0 Å². The first-order valence-corrected chi connectivity index (χ1v) is 9.77. The SMILES string of the molecule is C#[C][Pt]([CH3])([CH3])[C]1=CC=CC1. The molecular formula is C9H12Pt. The first-order chi connectivity index (χ1) is 4.67. The Balaban J connectivity index is 2.78. The summed E-state index contributed by atoms with van der Waals surface area (Å²) in [6.07, 6.45) is 13.0. The van der Waals surface area contributed by atoms with E-state index >= 15 is 0 Å². The molecule has 0 nitrogen and oxygen atoms in total. The maximum absolute atomic E-state index is 5.45. The average molecular weight is 315 g/mol. The molecule has 0 N–H and O–H groups in total. The molecule has 0 heterocycles. The van der Waals surface area contributed by atoms with E-state index in [1.54, 1.807) is 0 Å². The van der Waals surface area contributed by atoms with Gasteiger partial charge in [0.1, 0.15) is 0 Å². The molecule has 0 aliphatic heterocycles. The van der Waals surface area contributed by atoms with Crippen LogP contribution in [0, 0.1) is 10.7 Å². The molecule has 0 amide bonds. The predicted octanol–water partition coefficient (Wildman–Crippen LogP) is 2.67. The molecule has 10 heavy (non-hydrogen) atoms. The van der Waals surface area contributed by atoms with Crippen LogP contribution < -0.4 is 0 Å². The molecule has 0 fully saturated rings. The van der Waals surface area contributed by atoms with Crippen LogP contribution in [0.25, 0.3) is 0 Å². The van der Waals surface area contributed by atoms with Gasteiger partial charge in [-0.1, -0.05) is 0 Å². The molecule has 0 saturated heterocycles. The van der Waals surface area contributed by atoms with E-state index < -0.39 is 16.1 Å². The Morgan fingerprint density at radius 3 is 2.70 bits per heavy atom. The molecule has 0 aromatic heterocycles. The molecule has 1 rings (SSSR count). The van der Waals surface area contributed by atoms with E-state index in [0.29, 0.717) is 0 Å². The summed E-state index contributed by atoms with van der Waals surface area (Å²) < 4.78 is 4.48. The fourth-order valence-electron chi connectivity index (χ4n) is 0.760. The summed E-state index contributed by atoms with van der Waals surface area (Å²) in [5.41, 5.74) is 0. The molecule has 0 unspecified atom stereocenters. The first kappa shape index (κ1) is 7.83. The number of allylic oxidation sites excluding steroid dienone is 4. The molecule has 0 atom stereocenters. The molecule has 0 bridgehead atoms. The van der Waals surface area contributed by atoms with Crippen molar-refractivity contribution in [3.05, 3.63) is 22.2 Å². The van der Waals surface area contributed by atoms with Gasteiger partial charge in [0.15, 0.2) is 0 Å². The maximum atomic E-state index is 5.45. The van der Waals surface area contributed by atoms with Crippen LogP contribution >= 0.6 is 0 Å². The van der Waals surface area contributed by atoms with Crippen LogP contribution in [0.3, 0.4) is 0 Å². The Morgan fingerprint density at radius 1 is 1.60 bits per heavy atom. The van der Waals surface area contributed by atoms with Gasteiger partial charge in [-0.15, -0.1) is 0 Å². The first-order valence-electron chi connectivity index (χ1n) is 2.95. The van der Waals surface area contributed by atoms with Crippen molar-refractivity contribution in [3.8, 4) is 10.7 Å². The third-order valence-electron chi connectivity index (χ3n) is 1.44. The van der Waals surface area contributed by atoms with Crippen molar-refractivity contribution in [1.29, 1.82) is 0 Å². The molecule has 1 aliphatic rings. The van der Waals surface area contributed by atoms with Crippen molar-refractivity contribution in [1.82, 2.24) is 0 Å². The predicted molar refractivity (Wildman–Crippen MR) is 42.4 cm³/mol. The number of rotatable bonds is 1. The standard InChI is InChI=1S/C5H5.C2H.2CH3.Pt/c1-2-4-5-3-1;1-2;;;/h1-3H,4H2;1H;2*1H3;. The molecular weight excluding hydrogens is 303 g/mol. The summed E-state index contributed by atoms with van der Waals surface area (Å²) in [6, 6.07) is 0. The second kappa shape index (κ2) is 2.77. The van der Waals surface area contributed by atoms with Crippen LogP contribution in [-0.2, 0) is 16.1 Å². The van der Waals surface area contributed by atoms with Gasteiger partial charge in [0.2, 0.25) is 0 Å². The Kier molecular flexibility index (Phi) is 2.17. The fraction of sp³-hybridized carbons (Fsp3) is 0.333. The van der Waals surface area contributed by atoms with Gasteiger partial charge < -0.3 is 0 Å². The second-order valence-corrected chi connectivity index (χ2v) is 11.8. The fourth-order valence-corrected chi connectivity index (χ4v) is 3.77. The van der Waals surface area contributed by atoms with Crippen LogP contribution in [0.2, 0.25) is 10.6 Å². The quantitative estimate of drug-likeness (QED) is 0.653. The molecule has 0 spiro atoms. The summed E-state index contributed by atoms with van der Waals surface area (Å²) in [6.45, 7) is 0. The molecule has 1 heteroatoms. The van der Waals surface area contributed by atoms with Crippen molar-refractivity contribution in [3.63, 3.8) is 0 Å². The van der Waals surface area contributed by atoms with Gasteiger partial charge in [-0.3, -0.25) is 0 Å². The van der Waals surface area contributed by atoms with Crippen molar-refractivity contribution in [2.24, 2.45) is 0 Å². The van der Waals surface area contributed by atoms with Gasteiger partial charge in [0.05, 0.1) is 0 Å². The zero-order chi connectivity index (χ0) is 7.61. The summed E-state index contributed by atoms with van der Waals surface area (Å²) in [7, 11) is 0. The van der Waals surface area contributed by atoms with Gasteiger partial charge in [0, 0.05) is 0 Å². The van der Waals surface area contributed by atoms with Crippen molar-refractivity contribution in [2.45, 2.75) is 17.0 Å². The summed E-state index contributed by atoms with van der Waals surface area (Å²) in [5, 5.41) is 4.51. The van der Waals surface area contributed by atoms with Crippen LogP contribution in [-0.4, -0.2) is 0 Å². The molecule has 0 aromatic rings. The second-order valence-electron chi connectivity index (χ2n) is 2.33. The van der Waals surface area contributed by atoms with Gasteiger partial charge in [0.25, 0.3) is 0 Å². The zero-order valence-corrected chi connectivity index (χ0v) is 8.60. The topological polar surface area (TPSA) is 0 Å². The minimum atomic E-state index is -1.83. The molecule has 0 saturated carbocycles. The number of terminal acetylenes is 1. The van der Waals surface area contributed by atoms with Crippen LogP contribution in [0.15, 0.2) is 22.2 Å². The summed E-state index contributed by atoms with van der Waals surface area (Å²) in [4.78, 5) is 0. The van der Waals surface area contributed by atoms with E-state index in [1.165, 1.54) is 3.96 Å². The molecule has 0 radical (unpaired) electrons. The van der Waals surface area contributed by atoms with E-state index in [1.807, 2.05) is 0 Å². The third kappa shape index (κ3) is 1.41. The van der Waals surface area contributed by atoms with Crippen LogP contribution in [0.1, 0.15) is 6.42 Å². The summed E-state index contributed by atoms with van der Waals surface area (Å²) in [5.74, 6) is 0. The molecule has 0 aromatic carbocycles. The zero-order valence-electron chi connectivity index (χ0n) is 6.33. The molecule has 58 valence electrons. The number of hydrogen-bond acceptors (Lipinski definition) is 0. The monoisotopic (exact) mass is 315 g/mol. The van der Waals surface area contributed by atoms with Gasteiger partial charge in [-0.05, 0) is 0 Å². The van der Waals surface area contributed by atoms with E-state index in [9.17, 15) is 0 Å². The van der Waals surface area contributed by atoms with Crippen molar-refractivity contribution >= 4 is 0 Å². The van der Waals surface area contributed by atoms with E-state index in [-0.39, 0.29) is 0 Å². The number of hydrogen-bond donors (Lipinski definition) is 0. The van der Waals surface area contributed by atoms with Crippen LogP contribution in [0.5, 0.6) is 0 Å². The Bertz CT molecular complexity index is 226.